The molecular formula is C17H18O8. The molecule has 1 aliphatic heterocycles. The molecule has 0 radical (unpaired) electrons. The summed E-state index contributed by atoms with van der Waals surface area (Å²) in [6.45, 7) is 1.34. The molecule has 1 fully saturated rings. The molecule has 1 saturated heterocycles. The van der Waals surface area contributed by atoms with Gasteiger partial charge in [-0.2, -0.15) is 0 Å². The Bertz CT molecular complexity index is 772. The number of ether oxygens (including phenoxy) is 2. The van der Waals surface area contributed by atoms with Crippen LogP contribution in [0, 0.1) is 0 Å². The predicted molar refractivity (Wildman–Crippen MR) is 82.3 cm³/mol. The molecule has 1 aromatic rings. The molecule has 134 valence electrons. The van der Waals surface area contributed by atoms with Gasteiger partial charge in [0, 0.05) is 12.0 Å². The number of esters is 1. The minimum atomic E-state index is -2.52. The van der Waals surface area contributed by atoms with Gasteiger partial charge in [-0.3, -0.25) is 14.4 Å². The Hall–Kier alpha value is -2.29. The molecule has 0 unspecified atom stereocenters. The molecule has 25 heavy (non-hydrogen) atoms. The lowest BCUT2D eigenvalue weighted by Gasteiger charge is -2.52. The highest BCUT2D eigenvalue weighted by Gasteiger charge is 2.69. The van der Waals surface area contributed by atoms with E-state index in [1.807, 2.05) is 0 Å². The number of carbonyl (C=O) groups excluding carboxylic acids is 3. The van der Waals surface area contributed by atoms with Gasteiger partial charge < -0.3 is 24.8 Å². The first-order valence-electron chi connectivity index (χ1n) is 7.75. The Labute approximate surface area is 143 Å². The number of Topliss-reactive ketones (excluding diaryl/α,β-unsaturated/α-hetero) is 2. The number of benzene rings is 1. The molecular weight excluding hydrogens is 332 g/mol. The van der Waals surface area contributed by atoms with Gasteiger partial charge in [-0.1, -0.05) is 12.1 Å². The van der Waals surface area contributed by atoms with Crippen LogP contribution in [-0.2, 0) is 14.3 Å². The first-order valence-corrected chi connectivity index (χ1v) is 7.75. The third kappa shape index (κ3) is 2.21. The second-order valence-corrected chi connectivity index (χ2v) is 6.37. The van der Waals surface area contributed by atoms with Gasteiger partial charge in [0.1, 0.15) is 5.75 Å². The van der Waals surface area contributed by atoms with Crippen LogP contribution in [0.25, 0.3) is 0 Å². The van der Waals surface area contributed by atoms with E-state index in [1.54, 1.807) is 0 Å². The van der Waals surface area contributed by atoms with Crippen molar-refractivity contribution in [2.24, 2.45) is 0 Å². The van der Waals surface area contributed by atoms with E-state index < -0.39 is 53.1 Å². The van der Waals surface area contributed by atoms with E-state index >= 15 is 0 Å². The van der Waals surface area contributed by atoms with Gasteiger partial charge in [0.2, 0.25) is 11.6 Å². The molecule has 0 spiro atoms. The fourth-order valence-electron chi connectivity index (χ4n) is 3.66. The van der Waals surface area contributed by atoms with Gasteiger partial charge >= 0.3 is 5.97 Å². The molecule has 1 aromatic carbocycles. The molecule has 8 nitrogen and oxygen atoms in total. The Balaban J connectivity index is 2.12. The lowest BCUT2D eigenvalue weighted by atomic mass is 9.61. The Morgan fingerprint density at radius 2 is 2.00 bits per heavy atom. The van der Waals surface area contributed by atoms with Crippen molar-refractivity contribution in [1.82, 2.24) is 0 Å². The van der Waals surface area contributed by atoms with Crippen molar-refractivity contribution in [2.45, 2.75) is 43.2 Å². The Morgan fingerprint density at radius 1 is 1.32 bits per heavy atom. The molecule has 1 heterocycles. The number of hydrogen-bond acceptors (Lipinski definition) is 8. The average molecular weight is 350 g/mol. The minimum absolute atomic E-state index is 0.181. The maximum absolute atomic E-state index is 12.9. The van der Waals surface area contributed by atoms with E-state index in [2.05, 4.69) is 4.74 Å². The number of fused-ring (bicyclic) bond motifs is 2. The highest BCUT2D eigenvalue weighted by molar-refractivity contribution is 6.23. The molecule has 0 saturated carbocycles. The van der Waals surface area contributed by atoms with Crippen LogP contribution in [0.1, 0.15) is 40.5 Å². The number of hydrogen-bond donors (Lipinski definition) is 3. The Kier molecular flexibility index (Phi) is 3.94. The van der Waals surface area contributed by atoms with Crippen molar-refractivity contribution < 1.29 is 39.2 Å². The summed E-state index contributed by atoms with van der Waals surface area (Å²) in [4.78, 5) is 37.2. The fourth-order valence-corrected chi connectivity index (χ4v) is 3.66. The maximum Gasteiger partial charge on any atom is 0.308 e. The van der Waals surface area contributed by atoms with E-state index in [1.165, 1.54) is 32.2 Å². The van der Waals surface area contributed by atoms with Crippen LogP contribution < -0.4 is 0 Å². The number of phenols is 1. The zero-order valence-corrected chi connectivity index (χ0v) is 13.7. The summed E-state index contributed by atoms with van der Waals surface area (Å²) < 4.78 is 10.1. The molecule has 0 aromatic heterocycles. The third-order valence-electron chi connectivity index (χ3n) is 5.00. The maximum atomic E-state index is 12.9. The van der Waals surface area contributed by atoms with Gasteiger partial charge in [0.25, 0.3) is 0 Å². The molecule has 0 bridgehead atoms. The van der Waals surface area contributed by atoms with Gasteiger partial charge in [-0.05, 0) is 13.0 Å². The SMILES string of the molecule is COC(=O)C[C@@H]1C[C@]2(O)C(=O)c3c(O)cccc3C(=O)[C@@]2(O)[C@@H](C)O1. The zero-order chi connectivity index (χ0) is 18.6. The van der Waals surface area contributed by atoms with Gasteiger partial charge in [-0.15, -0.1) is 0 Å². The summed E-state index contributed by atoms with van der Waals surface area (Å²) in [5, 5.41) is 32.0. The van der Waals surface area contributed by atoms with E-state index in [9.17, 15) is 29.7 Å². The summed E-state index contributed by atoms with van der Waals surface area (Å²) in [6, 6.07) is 3.87. The van der Waals surface area contributed by atoms with Crippen LogP contribution in [0.2, 0.25) is 0 Å². The molecule has 1 aliphatic carbocycles. The van der Waals surface area contributed by atoms with Gasteiger partial charge in [-0.25, -0.2) is 0 Å². The van der Waals surface area contributed by atoms with E-state index in [0.29, 0.717) is 0 Å². The van der Waals surface area contributed by atoms with Gasteiger partial charge in [0.15, 0.2) is 11.2 Å². The number of methoxy groups -OCH3 is 1. The minimum Gasteiger partial charge on any atom is -0.507 e. The topological polar surface area (TPSA) is 130 Å². The molecule has 3 N–H and O–H groups in total. The van der Waals surface area contributed by atoms with Crippen LogP contribution in [0.4, 0.5) is 0 Å². The highest BCUT2D eigenvalue weighted by atomic mass is 16.5. The largest absolute Gasteiger partial charge is 0.507 e. The molecule has 2 aliphatic rings. The Morgan fingerprint density at radius 3 is 2.64 bits per heavy atom. The monoisotopic (exact) mass is 350 g/mol. The second-order valence-electron chi connectivity index (χ2n) is 6.37. The van der Waals surface area contributed by atoms with Crippen molar-refractivity contribution in [1.29, 1.82) is 0 Å². The van der Waals surface area contributed by atoms with E-state index in [-0.39, 0.29) is 17.5 Å². The van der Waals surface area contributed by atoms with Crippen molar-refractivity contribution >= 4 is 17.5 Å². The van der Waals surface area contributed by atoms with E-state index in [4.69, 9.17) is 4.74 Å². The molecule has 3 rings (SSSR count). The fraction of sp³-hybridized carbons (Fsp3) is 0.471. The van der Waals surface area contributed by atoms with Crippen molar-refractivity contribution in [3.05, 3.63) is 29.3 Å². The summed E-state index contributed by atoms with van der Waals surface area (Å²) in [7, 11) is 1.18. The zero-order valence-electron chi connectivity index (χ0n) is 13.7. The smallest absolute Gasteiger partial charge is 0.308 e. The van der Waals surface area contributed by atoms with Crippen LogP contribution in [0.15, 0.2) is 18.2 Å². The predicted octanol–water partition coefficient (Wildman–Crippen LogP) is -0.0261. The number of aromatic hydroxyl groups is 1. The van der Waals surface area contributed by atoms with Crippen molar-refractivity contribution in [3.8, 4) is 5.75 Å². The quantitative estimate of drug-likeness (QED) is 0.634. The molecule has 0 amide bonds. The standard InChI is InChI=1S/C17H18O8/c1-8-17(23)14(20)10-4-3-5-11(18)13(10)15(21)16(17,22)7-9(25-8)6-12(19)24-2/h3-5,8-9,18,22-23H,6-7H2,1-2H3/t8-,9-,16+,17+/m1/s1. The van der Waals surface area contributed by atoms with Gasteiger partial charge in [0.05, 0.1) is 31.3 Å². The first kappa shape index (κ1) is 17.5. The van der Waals surface area contributed by atoms with Crippen molar-refractivity contribution in [2.75, 3.05) is 7.11 Å². The van der Waals surface area contributed by atoms with Crippen LogP contribution in [-0.4, -0.2) is 63.4 Å². The number of carbonyl (C=O) groups is 3. The van der Waals surface area contributed by atoms with Crippen molar-refractivity contribution in [3.63, 3.8) is 0 Å². The number of ketones is 2. The second kappa shape index (κ2) is 5.62. The summed E-state index contributed by atoms with van der Waals surface area (Å²) in [6.07, 6.45) is -2.93. The van der Waals surface area contributed by atoms with Crippen LogP contribution >= 0.6 is 0 Å². The first-order chi connectivity index (χ1) is 11.7. The summed E-state index contributed by atoms with van der Waals surface area (Å²) in [5.74, 6) is -2.98. The number of aliphatic hydroxyl groups is 2. The lowest BCUT2D eigenvalue weighted by molar-refractivity contribution is -0.228. The average Bonchev–Trinajstić information content (AvgIpc) is 2.56. The van der Waals surface area contributed by atoms with E-state index in [0.717, 1.165) is 0 Å². The normalized spacial score (nSPS) is 34.2. The number of phenolic OH excluding ortho intramolecular Hbond substituents is 1. The molecule has 8 heteroatoms. The van der Waals surface area contributed by atoms with Crippen LogP contribution in [0.5, 0.6) is 5.75 Å². The third-order valence-corrected chi connectivity index (χ3v) is 5.00. The lowest BCUT2D eigenvalue weighted by Crippen LogP contribution is -2.75. The number of rotatable bonds is 2. The summed E-state index contributed by atoms with van der Waals surface area (Å²) in [5.41, 5.74) is -5.56. The summed E-state index contributed by atoms with van der Waals surface area (Å²) >= 11 is 0. The molecule has 4 atom stereocenters. The van der Waals surface area contributed by atoms with Crippen LogP contribution in [0.3, 0.4) is 0 Å². The highest BCUT2D eigenvalue weighted by Crippen LogP contribution is 2.48.